The van der Waals surface area contributed by atoms with Crippen LogP contribution in [-0.2, 0) is 14.3 Å². The molecule has 1 aliphatic heterocycles. The molecular formula is C15H26N2O3S. The Hall–Kier alpha value is -0.750. The monoisotopic (exact) mass is 314 g/mol. The third-order valence-corrected chi connectivity index (χ3v) is 5.60. The van der Waals surface area contributed by atoms with Crippen molar-refractivity contribution in [1.82, 2.24) is 10.2 Å². The summed E-state index contributed by atoms with van der Waals surface area (Å²) in [5.74, 6) is 1.34. The fourth-order valence-corrected chi connectivity index (χ4v) is 4.30. The van der Waals surface area contributed by atoms with Gasteiger partial charge in [0.05, 0.1) is 13.7 Å². The summed E-state index contributed by atoms with van der Waals surface area (Å²) in [5.41, 5.74) is 0. The third-order valence-electron chi connectivity index (χ3n) is 4.44. The van der Waals surface area contributed by atoms with Gasteiger partial charge in [0.2, 0.25) is 5.91 Å². The van der Waals surface area contributed by atoms with Crippen LogP contribution in [0.4, 0.5) is 0 Å². The summed E-state index contributed by atoms with van der Waals surface area (Å²) in [6.45, 7) is 4.06. The third kappa shape index (κ3) is 4.88. The number of nitrogens with zero attached hydrogens (tertiary/aromatic N) is 1. The smallest absolute Gasteiger partial charge is 0.320 e. The molecule has 6 heteroatoms. The molecule has 1 aliphatic carbocycles. The Balaban J connectivity index is 1.77. The molecule has 0 aromatic heterocycles. The first-order chi connectivity index (χ1) is 10.1. The number of hydrogen-bond acceptors (Lipinski definition) is 5. The van der Waals surface area contributed by atoms with Crippen molar-refractivity contribution in [2.75, 3.05) is 32.5 Å². The van der Waals surface area contributed by atoms with E-state index in [0.29, 0.717) is 25.0 Å². The number of carbonyl (C=O) groups is 2. The Morgan fingerprint density at radius 2 is 2.10 bits per heavy atom. The molecule has 21 heavy (non-hydrogen) atoms. The number of esters is 1. The van der Waals surface area contributed by atoms with Crippen LogP contribution in [0.3, 0.4) is 0 Å². The number of hydrogen-bond donors (Lipinski definition) is 1. The highest BCUT2D eigenvalue weighted by molar-refractivity contribution is 8.00. The number of carbonyl (C=O) groups excluding carboxylic acids is 2. The molecule has 0 radical (unpaired) electrons. The molecule has 1 saturated carbocycles. The number of ether oxygens (including phenoxy) is 1. The van der Waals surface area contributed by atoms with E-state index in [0.717, 1.165) is 18.7 Å². The molecule has 0 spiro atoms. The molecule has 0 aromatic rings. The minimum absolute atomic E-state index is 0.0873. The predicted molar refractivity (Wildman–Crippen MR) is 84.3 cm³/mol. The maximum Gasteiger partial charge on any atom is 0.320 e. The molecule has 5 nitrogen and oxygen atoms in total. The first kappa shape index (κ1) is 16.6. The van der Waals surface area contributed by atoms with Gasteiger partial charge >= 0.3 is 5.97 Å². The van der Waals surface area contributed by atoms with E-state index in [1.165, 1.54) is 26.4 Å². The molecule has 120 valence electrons. The van der Waals surface area contributed by atoms with E-state index in [9.17, 15) is 9.59 Å². The van der Waals surface area contributed by atoms with Crippen molar-refractivity contribution in [2.24, 2.45) is 5.92 Å². The van der Waals surface area contributed by atoms with Gasteiger partial charge in [-0.3, -0.25) is 14.5 Å². The molecule has 1 N–H and O–H groups in total. The van der Waals surface area contributed by atoms with Gasteiger partial charge in [0.15, 0.2) is 0 Å². The summed E-state index contributed by atoms with van der Waals surface area (Å²) >= 11 is 1.61. The summed E-state index contributed by atoms with van der Waals surface area (Å²) in [6.07, 6.45) is 4.78. The number of amides is 1. The van der Waals surface area contributed by atoms with E-state index in [-0.39, 0.29) is 17.1 Å². The molecule has 3 atom stereocenters. The van der Waals surface area contributed by atoms with E-state index in [1.807, 2.05) is 0 Å². The Labute approximate surface area is 131 Å². The Kier molecular flexibility index (Phi) is 6.36. The van der Waals surface area contributed by atoms with Gasteiger partial charge in [-0.25, -0.2) is 0 Å². The van der Waals surface area contributed by atoms with Gasteiger partial charge in [0.25, 0.3) is 0 Å². The summed E-state index contributed by atoms with van der Waals surface area (Å²) in [5, 5.41) is 3.01. The van der Waals surface area contributed by atoms with Crippen LogP contribution in [-0.4, -0.2) is 60.6 Å². The summed E-state index contributed by atoms with van der Waals surface area (Å²) < 4.78 is 4.79. The highest BCUT2D eigenvalue weighted by Gasteiger charge is 2.29. The van der Waals surface area contributed by atoms with E-state index >= 15 is 0 Å². The van der Waals surface area contributed by atoms with Crippen molar-refractivity contribution < 1.29 is 14.3 Å². The Bertz CT molecular complexity index is 378. The summed E-state index contributed by atoms with van der Waals surface area (Å²) in [7, 11) is 1.42. The standard InChI is InChI=1S/C15H26N2O3S/c1-11-5-3-4-6-12(11)16-14(18)10-17-7-8-21-13(9-17)15(19)20-2/h11-13H,3-10H2,1-2H3,(H,16,18)/t11-,12-,13-/m0/s1. The first-order valence-electron chi connectivity index (χ1n) is 7.81. The van der Waals surface area contributed by atoms with E-state index < -0.39 is 0 Å². The van der Waals surface area contributed by atoms with E-state index in [4.69, 9.17) is 4.74 Å². The number of thioether (sulfide) groups is 1. The topological polar surface area (TPSA) is 58.6 Å². The van der Waals surface area contributed by atoms with Crippen molar-refractivity contribution in [3.63, 3.8) is 0 Å². The van der Waals surface area contributed by atoms with E-state index in [1.54, 1.807) is 11.8 Å². The van der Waals surface area contributed by atoms with Crippen LogP contribution in [0.2, 0.25) is 0 Å². The van der Waals surface area contributed by atoms with Crippen molar-refractivity contribution in [2.45, 2.75) is 43.9 Å². The second kappa shape index (κ2) is 8.03. The molecule has 2 aliphatic rings. The van der Waals surface area contributed by atoms with Crippen molar-refractivity contribution >= 4 is 23.6 Å². The zero-order chi connectivity index (χ0) is 15.2. The largest absolute Gasteiger partial charge is 0.468 e. The quantitative estimate of drug-likeness (QED) is 0.792. The average molecular weight is 314 g/mol. The van der Waals surface area contributed by atoms with Crippen LogP contribution in [0.1, 0.15) is 32.6 Å². The van der Waals surface area contributed by atoms with Gasteiger partial charge in [-0.1, -0.05) is 19.8 Å². The Morgan fingerprint density at radius 3 is 2.81 bits per heavy atom. The first-order valence-corrected chi connectivity index (χ1v) is 8.86. The lowest BCUT2D eigenvalue weighted by molar-refractivity contribution is -0.140. The second-order valence-corrected chi connectivity index (χ2v) is 7.36. The fourth-order valence-electron chi connectivity index (χ4n) is 3.11. The molecule has 1 saturated heterocycles. The number of methoxy groups -OCH3 is 1. The van der Waals surface area contributed by atoms with Crippen LogP contribution in [0.5, 0.6) is 0 Å². The van der Waals surface area contributed by atoms with Gasteiger partial charge < -0.3 is 10.1 Å². The molecule has 0 unspecified atom stereocenters. The lowest BCUT2D eigenvalue weighted by atomic mass is 9.86. The molecular weight excluding hydrogens is 288 g/mol. The Morgan fingerprint density at radius 1 is 1.33 bits per heavy atom. The maximum absolute atomic E-state index is 12.2. The molecule has 1 amide bonds. The minimum Gasteiger partial charge on any atom is -0.468 e. The van der Waals surface area contributed by atoms with Gasteiger partial charge in [0.1, 0.15) is 5.25 Å². The lowest BCUT2D eigenvalue weighted by Crippen LogP contribution is -2.49. The highest BCUT2D eigenvalue weighted by atomic mass is 32.2. The van der Waals surface area contributed by atoms with Crippen LogP contribution < -0.4 is 5.32 Å². The molecule has 0 aromatic carbocycles. The van der Waals surface area contributed by atoms with Gasteiger partial charge in [0, 0.05) is 24.9 Å². The normalized spacial score (nSPS) is 30.7. The zero-order valence-electron chi connectivity index (χ0n) is 13.0. The number of nitrogens with one attached hydrogen (secondary N) is 1. The van der Waals surface area contributed by atoms with E-state index in [2.05, 4.69) is 17.1 Å². The van der Waals surface area contributed by atoms with Gasteiger partial charge in [-0.2, -0.15) is 0 Å². The SMILES string of the molecule is COC(=O)[C@@H]1CN(CC(=O)N[C@H]2CCCC[C@@H]2C)CCS1. The minimum atomic E-state index is -0.189. The van der Waals surface area contributed by atoms with Crippen molar-refractivity contribution in [3.05, 3.63) is 0 Å². The van der Waals surface area contributed by atoms with Crippen molar-refractivity contribution in [1.29, 1.82) is 0 Å². The highest BCUT2D eigenvalue weighted by Crippen LogP contribution is 2.24. The van der Waals surface area contributed by atoms with Gasteiger partial charge in [-0.15, -0.1) is 11.8 Å². The van der Waals surface area contributed by atoms with Crippen LogP contribution >= 0.6 is 11.8 Å². The molecule has 2 rings (SSSR count). The molecule has 0 bridgehead atoms. The summed E-state index contributed by atoms with van der Waals surface area (Å²) in [6, 6.07) is 0.321. The van der Waals surface area contributed by atoms with Crippen molar-refractivity contribution in [3.8, 4) is 0 Å². The number of rotatable bonds is 4. The van der Waals surface area contributed by atoms with Crippen LogP contribution in [0.25, 0.3) is 0 Å². The molecule has 2 fully saturated rings. The van der Waals surface area contributed by atoms with Crippen LogP contribution in [0, 0.1) is 5.92 Å². The van der Waals surface area contributed by atoms with Crippen LogP contribution in [0.15, 0.2) is 0 Å². The van der Waals surface area contributed by atoms with Gasteiger partial charge in [-0.05, 0) is 18.8 Å². The summed E-state index contributed by atoms with van der Waals surface area (Å²) in [4.78, 5) is 25.8. The molecule has 1 heterocycles. The lowest BCUT2D eigenvalue weighted by Gasteiger charge is -2.33. The predicted octanol–water partition coefficient (Wildman–Crippen LogP) is 1.27. The maximum atomic E-state index is 12.2. The zero-order valence-corrected chi connectivity index (χ0v) is 13.8. The average Bonchev–Trinajstić information content (AvgIpc) is 2.49. The fraction of sp³-hybridized carbons (Fsp3) is 0.867. The second-order valence-electron chi connectivity index (χ2n) is 6.05.